The molecular formula is C21H28N4O4. The van der Waals surface area contributed by atoms with Crippen molar-refractivity contribution in [1.29, 1.82) is 0 Å². The highest BCUT2D eigenvalue weighted by molar-refractivity contribution is 5.77. The number of hydrogen-bond acceptors (Lipinski definition) is 7. The first-order chi connectivity index (χ1) is 14.1. The van der Waals surface area contributed by atoms with Gasteiger partial charge in [0.1, 0.15) is 29.7 Å². The monoisotopic (exact) mass is 400 g/mol. The van der Waals surface area contributed by atoms with Crippen molar-refractivity contribution < 1.29 is 19.0 Å². The average Bonchev–Trinajstić information content (AvgIpc) is 3.26. The van der Waals surface area contributed by atoms with E-state index in [-0.39, 0.29) is 12.5 Å². The highest BCUT2D eigenvalue weighted by Crippen LogP contribution is 2.21. The summed E-state index contributed by atoms with van der Waals surface area (Å²) in [4.78, 5) is 23.0. The number of benzene rings is 1. The van der Waals surface area contributed by atoms with E-state index in [1.54, 1.807) is 12.1 Å². The standard InChI is InChI=1S/C21H28N4O4/c1-3-27-17-6-8-18(9-7-17)29-15-20(26)22-10-13-28-21-14-19(23-16(2)24-21)25-11-4-5-12-25/h6-9,14H,3-5,10-13,15H2,1-2H3,(H,22,26). The number of aryl methyl sites for hydroxylation is 1. The lowest BCUT2D eigenvalue weighted by atomic mass is 10.3. The Hall–Kier alpha value is -3.03. The predicted molar refractivity (Wildman–Crippen MR) is 110 cm³/mol. The Labute approximate surface area is 171 Å². The number of carbonyl (C=O) groups is 1. The van der Waals surface area contributed by atoms with Crippen LogP contribution in [0.25, 0.3) is 0 Å². The number of hydrogen-bond donors (Lipinski definition) is 1. The Balaban J connectivity index is 1.37. The summed E-state index contributed by atoms with van der Waals surface area (Å²) < 4.78 is 16.5. The molecule has 156 valence electrons. The fourth-order valence-electron chi connectivity index (χ4n) is 3.05. The van der Waals surface area contributed by atoms with Gasteiger partial charge in [0, 0.05) is 19.2 Å². The van der Waals surface area contributed by atoms with Gasteiger partial charge in [-0.2, -0.15) is 4.98 Å². The summed E-state index contributed by atoms with van der Waals surface area (Å²) in [7, 11) is 0. The van der Waals surface area contributed by atoms with Crippen molar-refractivity contribution in [3.05, 3.63) is 36.2 Å². The second kappa shape index (κ2) is 10.5. The molecule has 29 heavy (non-hydrogen) atoms. The van der Waals surface area contributed by atoms with E-state index in [1.165, 1.54) is 12.8 Å². The largest absolute Gasteiger partial charge is 0.494 e. The molecule has 1 aliphatic heterocycles. The minimum atomic E-state index is -0.209. The third-order valence-corrected chi connectivity index (χ3v) is 4.41. The summed E-state index contributed by atoms with van der Waals surface area (Å²) in [5.74, 6) is 3.29. The molecule has 0 unspecified atom stereocenters. The highest BCUT2D eigenvalue weighted by atomic mass is 16.5. The van der Waals surface area contributed by atoms with Crippen LogP contribution in [0.15, 0.2) is 30.3 Å². The van der Waals surface area contributed by atoms with Crippen molar-refractivity contribution >= 4 is 11.7 Å². The van der Waals surface area contributed by atoms with Gasteiger partial charge in [-0.25, -0.2) is 4.98 Å². The Morgan fingerprint density at radius 3 is 2.45 bits per heavy atom. The fraction of sp³-hybridized carbons (Fsp3) is 0.476. The van der Waals surface area contributed by atoms with E-state index in [1.807, 2.05) is 32.0 Å². The fourth-order valence-corrected chi connectivity index (χ4v) is 3.05. The summed E-state index contributed by atoms with van der Waals surface area (Å²) >= 11 is 0. The van der Waals surface area contributed by atoms with Crippen LogP contribution in [-0.2, 0) is 4.79 Å². The molecule has 3 rings (SSSR count). The molecule has 0 radical (unpaired) electrons. The predicted octanol–water partition coefficient (Wildman–Crippen LogP) is 2.36. The molecule has 8 nitrogen and oxygen atoms in total. The second-order valence-corrected chi connectivity index (χ2v) is 6.70. The van der Waals surface area contributed by atoms with E-state index < -0.39 is 0 Å². The number of ether oxygens (including phenoxy) is 3. The van der Waals surface area contributed by atoms with Gasteiger partial charge in [-0.1, -0.05) is 0 Å². The van der Waals surface area contributed by atoms with Gasteiger partial charge in [0.15, 0.2) is 6.61 Å². The molecule has 0 spiro atoms. The van der Waals surface area contributed by atoms with E-state index >= 15 is 0 Å². The quantitative estimate of drug-likeness (QED) is 0.613. The SMILES string of the molecule is CCOc1ccc(OCC(=O)NCCOc2cc(N3CCCC3)nc(C)n2)cc1. The maximum atomic E-state index is 11.9. The Bertz CT molecular complexity index is 792. The van der Waals surface area contributed by atoms with E-state index in [0.29, 0.717) is 37.2 Å². The van der Waals surface area contributed by atoms with Gasteiger partial charge in [-0.3, -0.25) is 4.79 Å². The first-order valence-electron chi connectivity index (χ1n) is 10.00. The molecule has 1 fully saturated rings. The van der Waals surface area contributed by atoms with Crippen LogP contribution in [-0.4, -0.2) is 55.3 Å². The van der Waals surface area contributed by atoms with Gasteiger partial charge in [-0.15, -0.1) is 0 Å². The van der Waals surface area contributed by atoms with Crippen LogP contribution < -0.4 is 24.4 Å². The van der Waals surface area contributed by atoms with E-state index in [0.717, 1.165) is 24.7 Å². The Morgan fingerprint density at radius 2 is 1.76 bits per heavy atom. The lowest BCUT2D eigenvalue weighted by molar-refractivity contribution is -0.123. The van der Waals surface area contributed by atoms with Crippen LogP contribution in [0.3, 0.4) is 0 Å². The summed E-state index contributed by atoms with van der Waals surface area (Å²) in [6.07, 6.45) is 2.37. The Kier molecular flexibility index (Phi) is 7.49. The molecule has 2 heterocycles. The van der Waals surface area contributed by atoms with Crippen molar-refractivity contribution in [2.24, 2.45) is 0 Å². The minimum absolute atomic E-state index is 0.0558. The van der Waals surface area contributed by atoms with Gasteiger partial charge < -0.3 is 24.4 Å². The average molecular weight is 400 g/mol. The van der Waals surface area contributed by atoms with Crippen LogP contribution in [0, 0.1) is 6.92 Å². The number of nitrogens with zero attached hydrogens (tertiary/aromatic N) is 3. The zero-order valence-corrected chi connectivity index (χ0v) is 17.0. The number of anilines is 1. The molecule has 1 N–H and O–H groups in total. The van der Waals surface area contributed by atoms with E-state index in [4.69, 9.17) is 14.2 Å². The zero-order chi connectivity index (χ0) is 20.5. The molecule has 2 aromatic rings. The number of carbonyl (C=O) groups excluding carboxylic acids is 1. The molecule has 0 aliphatic carbocycles. The molecule has 1 aliphatic rings. The Morgan fingerprint density at radius 1 is 1.07 bits per heavy atom. The third-order valence-electron chi connectivity index (χ3n) is 4.41. The van der Waals surface area contributed by atoms with Crippen LogP contribution in [0.1, 0.15) is 25.6 Å². The maximum absolute atomic E-state index is 11.9. The first kappa shape index (κ1) is 20.7. The van der Waals surface area contributed by atoms with Gasteiger partial charge >= 0.3 is 0 Å². The second-order valence-electron chi connectivity index (χ2n) is 6.70. The van der Waals surface area contributed by atoms with Crippen molar-refractivity contribution in [1.82, 2.24) is 15.3 Å². The summed E-state index contributed by atoms with van der Waals surface area (Å²) in [6.45, 7) is 7.06. The molecular weight excluding hydrogens is 372 g/mol. The lowest BCUT2D eigenvalue weighted by Gasteiger charge is -2.17. The molecule has 0 atom stereocenters. The molecule has 0 bridgehead atoms. The third kappa shape index (κ3) is 6.51. The molecule has 0 saturated carbocycles. The van der Waals surface area contributed by atoms with Crippen molar-refractivity contribution in [2.45, 2.75) is 26.7 Å². The number of rotatable bonds is 10. The summed E-state index contributed by atoms with van der Waals surface area (Å²) in [6, 6.07) is 9.03. The van der Waals surface area contributed by atoms with Crippen LogP contribution >= 0.6 is 0 Å². The van der Waals surface area contributed by atoms with Crippen molar-refractivity contribution in [2.75, 3.05) is 44.4 Å². The number of amides is 1. The molecule has 1 amide bonds. The van der Waals surface area contributed by atoms with Gasteiger partial charge in [0.05, 0.1) is 13.2 Å². The van der Waals surface area contributed by atoms with Crippen molar-refractivity contribution in [3.8, 4) is 17.4 Å². The number of aromatic nitrogens is 2. The van der Waals surface area contributed by atoms with Crippen LogP contribution in [0.4, 0.5) is 5.82 Å². The van der Waals surface area contributed by atoms with E-state index in [2.05, 4.69) is 20.2 Å². The van der Waals surface area contributed by atoms with Gasteiger partial charge in [-0.05, 0) is 51.0 Å². The zero-order valence-electron chi connectivity index (χ0n) is 17.0. The number of nitrogens with one attached hydrogen (secondary N) is 1. The van der Waals surface area contributed by atoms with Crippen molar-refractivity contribution in [3.63, 3.8) is 0 Å². The van der Waals surface area contributed by atoms with E-state index in [9.17, 15) is 4.79 Å². The highest BCUT2D eigenvalue weighted by Gasteiger charge is 2.15. The molecule has 8 heteroatoms. The molecule has 1 saturated heterocycles. The van der Waals surface area contributed by atoms with Crippen LogP contribution in [0.2, 0.25) is 0 Å². The first-order valence-corrected chi connectivity index (χ1v) is 10.00. The molecule has 1 aromatic carbocycles. The van der Waals surface area contributed by atoms with Gasteiger partial charge in [0.2, 0.25) is 5.88 Å². The summed E-state index contributed by atoms with van der Waals surface area (Å²) in [5.41, 5.74) is 0. The smallest absolute Gasteiger partial charge is 0.258 e. The normalized spacial score (nSPS) is 13.2. The lowest BCUT2D eigenvalue weighted by Crippen LogP contribution is -2.32. The topological polar surface area (TPSA) is 85.8 Å². The maximum Gasteiger partial charge on any atom is 0.258 e. The van der Waals surface area contributed by atoms with Crippen LogP contribution in [0.5, 0.6) is 17.4 Å². The minimum Gasteiger partial charge on any atom is -0.494 e. The molecule has 1 aromatic heterocycles. The summed E-state index contributed by atoms with van der Waals surface area (Å²) in [5, 5.41) is 2.77. The van der Waals surface area contributed by atoms with Gasteiger partial charge in [0.25, 0.3) is 5.91 Å².